The van der Waals surface area contributed by atoms with Crippen LogP contribution in [0.1, 0.15) is 49.3 Å². The molecule has 4 rings (SSSR count). The van der Waals surface area contributed by atoms with Crippen molar-refractivity contribution in [2.45, 2.75) is 43.0 Å². The van der Waals surface area contributed by atoms with Gasteiger partial charge in [0.2, 0.25) is 10.0 Å². The number of methoxy groups -OCH3 is 1. The average Bonchev–Trinajstić information content (AvgIpc) is 3.11. The Kier molecular flexibility index (Phi) is 8.78. The number of likely N-dealkylation sites (tertiary alicyclic amines) is 1. The molecule has 0 saturated carbocycles. The van der Waals surface area contributed by atoms with Crippen LogP contribution in [-0.4, -0.2) is 72.7 Å². The first-order chi connectivity index (χ1) is 18.7. The Hall–Kier alpha value is -3.61. The molecule has 0 bridgehead atoms. The predicted molar refractivity (Wildman–Crippen MR) is 142 cm³/mol. The number of non-ortho nitro benzene ring substituents is 1. The predicted octanol–water partition coefficient (Wildman–Crippen LogP) is 3.62. The van der Waals surface area contributed by atoms with Gasteiger partial charge in [0.15, 0.2) is 0 Å². The summed E-state index contributed by atoms with van der Waals surface area (Å²) in [6.45, 7) is 1.33. The van der Waals surface area contributed by atoms with Crippen molar-refractivity contribution in [3.63, 3.8) is 0 Å². The molecule has 0 spiro atoms. The first-order valence-electron chi connectivity index (χ1n) is 12.8. The van der Waals surface area contributed by atoms with Gasteiger partial charge in [-0.1, -0.05) is 25.0 Å². The van der Waals surface area contributed by atoms with Gasteiger partial charge < -0.3 is 14.7 Å². The van der Waals surface area contributed by atoms with E-state index < -0.39 is 38.4 Å². The molecule has 0 aliphatic carbocycles. The Bertz CT molecular complexity index is 1380. The number of benzene rings is 2. The molecule has 0 radical (unpaired) electrons. The number of nitro benzene ring substituents is 1. The van der Waals surface area contributed by atoms with Crippen molar-refractivity contribution in [3.8, 4) is 0 Å². The molecule has 1 unspecified atom stereocenters. The Morgan fingerprint density at radius 2 is 1.74 bits per heavy atom. The van der Waals surface area contributed by atoms with E-state index >= 15 is 0 Å². The van der Waals surface area contributed by atoms with Crippen LogP contribution in [0.3, 0.4) is 0 Å². The van der Waals surface area contributed by atoms with Crippen molar-refractivity contribution in [3.05, 3.63) is 75.3 Å². The normalized spacial score (nSPS) is 20.2. The third kappa shape index (κ3) is 5.87. The van der Waals surface area contributed by atoms with Gasteiger partial charge in [-0.2, -0.15) is 4.31 Å². The molecule has 11 nitrogen and oxygen atoms in total. The lowest BCUT2D eigenvalue weighted by atomic mass is 9.95. The fourth-order valence-corrected chi connectivity index (χ4v) is 6.53. The molecular formula is C27H31N3O8S. The Balaban J connectivity index is 1.74. The average molecular weight is 558 g/mol. The molecule has 1 N–H and O–H groups in total. The summed E-state index contributed by atoms with van der Waals surface area (Å²) in [6, 6.07) is 10.0. The quantitative estimate of drug-likeness (QED) is 0.123. The van der Waals surface area contributed by atoms with Crippen molar-refractivity contribution < 1.29 is 32.8 Å². The maximum Gasteiger partial charge on any atom is 0.295 e. The molecule has 2 aromatic rings. The number of ether oxygens (including phenoxy) is 1. The van der Waals surface area contributed by atoms with Crippen LogP contribution >= 0.6 is 0 Å². The summed E-state index contributed by atoms with van der Waals surface area (Å²) < 4.78 is 32.8. The highest BCUT2D eigenvalue weighted by atomic mass is 32.2. The second-order valence-electron chi connectivity index (χ2n) is 9.53. The Morgan fingerprint density at radius 3 is 2.36 bits per heavy atom. The van der Waals surface area contributed by atoms with Crippen molar-refractivity contribution in [1.29, 1.82) is 0 Å². The zero-order valence-electron chi connectivity index (χ0n) is 21.6. The van der Waals surface area contributed by atoms with Gasteiger partial charge in [0.05, 0.1) is 21.4 Å². The van der Waals surface area contributed by atoms with Crippen LogP contribution < -0.4 is 0 Å². The number of carbonyl (C=O) groups excluding carboxylic acids is 2. The molecule has 208 valence electrons. The van der Waals surface area contributed by atoms with E-state index in [0.29, 0.717) is 31.7 Å². The Morgan fingerprint density at radius 1 is 1.08 bits per heavy atom. The molecule has 39 heavy (non-hydrogen) atoms. The highest BCUT2D eigenvalue weighted by Gasteiger charge is 2.46. The molecule has 2 fully saturated rings. The number of rotatable bonds is 9. The van der Waals surface area contributed by atoms with Gasteiger partial charge in [-0.25, -0.2) is 8.42 Å². The SMILES string of the molecule is COCCCN1C(=O)C(=O)/C(=C(/O)c2ccc(S(=O)(=O)N3CCCCCC3)cc2)C1c1cccc([N+](=O)[O-])c1. The second-order valence-corrected chi connectivity index (χ2v) is 11.5. The largest absolute Gasteiger partial charge is 0.507 e. The minimum absolute atomic E-state index is 0.0659. The van der Waals surface area contributed by atoms with Crippen LogP contribution in [0, 0.1) is 10.1 Å². The molecule has 2 saturated heterocycles. The first-order valence-corrected chi connectivity index (χ1v) is 14.2. The second kappa shape index (κ2) is 12.1. The molecule has 2 aromatic carbocycles. The van der Waals surface area contributed by atoms with Crippen molar-refractivity contribution in [2.24, 2.45) is 0 Å². The van der Waals surface area contributed by atoms with E-state index in [4.69, 9.17) is 4.74 Å². The summed E-state index contributed by atoms with van der Waals surface area (Å²) in [7, 11) is -2.22. The zero-order chi connectivity index (χ0) is 28.2. The van der Waals surface area contributed by atoms with Crippen LogP contribution in [0.4, 0.5) is 5.69 Å². The Labute approximate surface area is 226 Å². The number of carbonyl (C=O) groups is 2. The fraction of sp³-hybridized carbons (Fsp3) is 0.407. The summed E-state index contributed by atoms with van der Waals surface area (Å²) in [6.07, 6.45) is 3.94. The van der Waals surface area contributed by atoms with Gasteiger partial charge in [0.1, 0.15) is 5.76 Å². The van der Waals surface area contributed by atoms with Crippen LogP contribution in [0.2, 0.25) is 0 Å². The zero-order valence-corrected chi connectivity index (χ0v) is 22.4. The minimum Gasteiger partial charge on any atom is -0.507 e. The van der Waals surface area contributed by atoms with Gasteiger partial charge >= 0.3 is 0 Å². The molecule has 2 heterocycles. The number of hydrogen-bond donors (Lipinski definition) is 1. The van der Waals surface area contributed by atoms with Gasteiger partial charge in [-0.05, 0) is 49.1 Å². The van der Waals surface area contributed by atoms with Crippen molar-refractivity contribution in [1.82, 2.24) is 9.21 Å². The lowest BCUT2D eigenvalue weighted by molar-refractivity contribution is -0.384. The third-order valence-electron chi connectivity index (χ3n) is 7.01. The standard InChI is InChI=1S/C27H31N3O8S/c1-38-17-7-16-29-24(20-8-6-9-21(18-20)30(34)35)23(26(32)27(29)33)25(31)19-10-12-22(13-11-19)39(36,37)28-14-4-2-3-5-15-28/h6,8-13,18,24,31H,2-5,7,14-17H2,1H3/b25-23+. The van der Waals surface area contributed by atoms with Gasteiger partial charge in [-0.15, -0.1) is 0 Å². The number of nitrogens with zero attached hydrogens (tertiary/aromatic N) is 3. The van der Waals surface area contributed by atoms with Crippen LogP contribution in [0.25, 0.3) is 5.76 Å². The van der Waals surface area contributed by atoms with Crippen molar-refractivity contribution >= 4 is 33.2 Å². The monoisotopic (exact) mass is 557 g/mol. The molecule has 0 aromatic heterocycles. The number of nitro groups is 1. The molecule has 1 atom stereocenters. The lowest BCUT2D eigenvalue weighted by Crippen LogP contribution is -2.31. The minimum atomic E-state index is -3.72. The number of sulfonamides is 1. The van der Waals surface area contributed by atoms with Gasteiger partial charge in [-0.3, -0.25) is 19.7 Å². The number of amides is 1. The molecule has 12 heteroatoms. The lowest BCUT2D eigenvalue weighted by Gasteiger charge is -2.25. The fourth-order valence-electron chi connectivity index (χ4n) is 5.02. The summed E-state index contributed by atoms with van der Waals surface area (Å²) in [5, 5.41) is 22.6. The van der Waals surface area contributed by atoms with Crippen LogP contribution in [-0.2, 0) is 24.3 Å². The molecule has 2 aliphatic heterocycles. The number of Topliss-reactive ketones (excluding diaryl/α,β-unsaturated/α-hetero) is 1. The van der Waals surface area contributed by atoms with Crippen LogP contribution in [0.15, 0.2) is 59.0 Å². The van der Waals surface area contributed by atoms with E-state index in [1.807, 2.05) is 0 Å². The number of ketones is 1. The maximum atomic E-state index is 13.2. The highest BCUT2D eigenvalue weighted by Crippen LogP contribution is 2.40. The van der Waals surface area contributed by atoms with E-state index in [1.54, 1.807) is 6.07 Å². The topological polar surface area (TPSA) is 147 Å². The van der Waals surface area contributed by atoms with E-state index in [2.05, 4.69) is 0 Å². The van der Waals surface area contributed by atoms with Gasteiger partial charge in [0.25, 0.3) is 17.4 Å². The maximum absolute atomic E-state index is 13.2. The summed E-state index contributed by atoms with van der Waals surface area (Å²) in [5.41, 5.74) is -0.00282. The summed E-state index contributed by atoms with van der Waals surface area (Å²) >= 11 is 0. The van der Waals surface area contributed by atoms with Gasteiger partial charge in [0, 0.05) is 51.0 Å². The number of aliphatic hydroxyl groups excluding tert-OH is 1. The molecule has 1 amide bonds. The number of hydrogen-bond acceptors (Lipinski definition) is 8. The van der Waals surface area contributed by atoms with E-state index in [9.17, 15) is 33.2 Å². The van der Waals surface area contributed by atoms with Crippen molar-refractivity contribution in [2.75, 3.05) is 33.4 Å². The van der Waals surface area contributed by atoms with E-state index in [0.717, 1.165) is 25.7 Å². The number of aliphatic hydroxyl groups is 1. The summed E-state index contributed by atoms with van der Waals surface area (Å²) in [4.78, 5) is 38.3. The van der Waals surface area contributed by atoms with Crippen LogP contribution in [0.5, 0.6) is 0 Å². The smallest absolute Gasteiger partial charge is 0.295 e. The van der Waals surface area contributed by atoms with E-state index in [1.165, 1.54) is 58.8 Å². The highest BCUT2D eigenvalue weighted by molar-refractivity contribution is 7.89. The van der Waals surface area contributed by atoms with E-state index in [-0.39, 0.29) is 28.3 Å². The molecule has 2 aliphatic rings. The summed E-state index contributed by atoms with van der Waals surface area (Å²) in [5.74, 6) is -2.26. The third-order valence-corrected chi connectivity index (χ3v) is 8.93. The molecular weight excluding hydrogens is 526 g/mol. The first kappa shape index (κ1) is 28.4.